The van der Waals surface area contributed by atoms with Crippen LogP contribution in [0.1, 0.15) is 37.8 Å². The van der Waals surface area contributed by atoms with Gasteiger partial charge in [0.25, 0.3) is 0 Å². The number of hydrogen-bond acceptors (Lipinski definition) is 5. The minimum Gasteiger partial charge on any atom is -0.326 e. The van der Waals surface area contributed by atoms with Crippen molar-refractivity contribution in [1.82, 2.24) is 15.2 Å². The number of carbonyl (C=O) groups excluding carboxylic acids is 1. The van der Waals surface area contributed by atoms with Gasteiger partial charge in [0.15, 0.2) is 0 Å². The molecule has 8 heteroatoms. The molecule has 1 aliphatic rings. The molecule has 7 nitrogen and oxygen atoms in total. The van der Waals surface area contributed by atoms with Crippen LogP contribution >= 0.6 is 0 Å². The van der Waals surface area contributed by atoms with Crippen molar-refractivity contribution in [2.75, 3.05) is 18.9 Å². The van der Waals surface area contributed by atoms with Crippen molar-refractivity contribution in [1.29, 1.82) is 0 Å². The molecule has 0 aromatic heterocycles. The highest BCUT2D eigenvalue weighted by atomic mass is 32.2. The van der Waals surface area contributed by atoms with Crippen LogP contribution in [0.25, 0.3) is 0 Å². The van der Waals surface area contributed by atoms with Crippen LogP contribution in [0.3, 0.4) is 0 Å². The molecule has 3 N–H and O–H groups in total. The van der Waals surface area contributed by atoms with Crippen molar-refractivity contribution in [3.63, 3.8) is 0 Å². The molecular weight excluding hydrogens is 388 g/mol. The zero-order chi connectivity index (χ0) is 20.9. The van der Waals surface area contributed by atoms with E-state index in [0.29, 0.717) is 18.3 Å². The van der Waals surface area contributed by atoms with Gasteiger partial charge in [-0.15, -0.1) is 0 Å². The molecule has 3 rings (SSSR count). The Kier molecular flexibility index (Phi) is 7.02. The summed E-state index contributed by atoms with van der Waals surface area (Å²) >= 11 is 0. The highest BCUT2D eigenvalue weighted by Gasteiger charge is 2.25. The van der Waals surface area contributed by atoms with Gasteiger partial charge in [-0.05, 0) is 49.1 Å². The van der Waals surface area contributed by atoms with Crippen molar-refractivity contribution in [3.8, 4) is 0 Å². The van der Waals surface area contributed by atoms with Crippen LogP contribution in [-0.2, 0) is 14.8 Å². The van der Waals surface area contributed by atoms with Crippen molar-refractivity contribution in [2.24, 2.45) is 0 Å². The molecule has 29 heavy (non-hydrogen) atoms. The molecule has 1 saturated heterocycles. The maximum Gasteiger partial charge on any atom is 0.242 e. The third-order valence-corrected chi connectivity index (χ3v) is 6.96. The van der Waals surface area contributed by atoms with Crippen LogP contribution in [0.5, 0.6) is 0 Å². The zero-order valence-electron chi connectivity index (χ0n) is 16.8. The number of sulfonamides is 1. The van der Waals surface area contributed by atoms with Crippen LogP contribution in [0.4, 0.5) is 5.69 Å². The first kappa shape index (κ1) is 21.4. The summed E-state index contributed by atoms with van der Waals surface area (Å²) in [7, 11) is -1.95. The normalized spacial score (nSPS) is 19.4. The van der Waals surface area contributed by atoms with Crippen LogP contribution in [0.15, 0.2) is 59.5 Å². The SMILES string of the molecule is CC(=O)Nc1ccc(S(=O)(=O)N(C)CCCC2CC(c3ccccc3)NN2)cc1. The molecule has 1 fully saturated rings. The van der Waals surface area contributed by atoms with Gasteiger partial charge in [0.1, 0.15) is 0 Å². The van der Waals surface area contributed by atoms with E-state index in [1.807, 2.05) is 18.2 Å². The molecule has 2 aromatic rings. The molecular formula is C21H28N4O3S. The number of carbonyl (C=O) groups is 1. The number of anilines is 1. The van der Waals surface area contributed by atoms with E-state index in [4.69, 9.17) is 0 Å². The lowest BCUT2D eigenvalue weighted by Crippen LogP contribution is -2.32. The van der Waals surface area contributed by atoms with Crippen LogP contribution in [-0.4, -0.2) is 38.3 Å². The monoisotopic (exact) mass is 416 g/mol. The number of benzene rings is 2. The van der Waals surface area contributed by atoms with Gasteiger partial charge in [0.2, 0.25) is 15.9 Å². The third kappa shape index (κ3) is 5.63. The van der Waals surface area contributed by atoms with Gasteiger partial charge < -0.3 is 5.32 Å². The van der Waals surface area contributed by atoms with E-state index in [0.717, 1.165) is 19.3 Å². The Labute approximate surface area is 172 Å². The van der Waals surface area contributed by atoms with Gasteiger partial charge in [-0.2, -0.15) is 0 Å². The van der Waals surface area contributed by atoms with Crippen molar-refractivity contribution in [3.05, 3.63) is 60.2 Å². The molecule has 0 saturated carbocycles. The fraction of sp³-hybridized carbons (Fsp3) is 0.381. The van der Waals surface area contributed by atoms with E-state index < -0.39 is 10.0 Å². The number of hydrazine groups is 1. The molecule has 0 aliphatic carbocycles. The van der Waals surface area contributed by atoms with Gasteiger partial charge in [0, 0.05) is 38.3 Å². The highest BCUT2D eigenvalue weighted by molar-refractivity contribution is 7.89. The minimum atomic E-state index is -3.55. The van der Waals surface area contributed by atoms with E-state index in [-0.39, 0.29) is 16.8 Å². The molecule has 0 bridgehead atoms. The highest BCUT2D eigenvalue weighted by Crippen LogP contribution is 2.24. The Hall–Kier alpha value is -2.26. The summed E-state index contributed by atoms with van der Waals surface area (Å²) in [6.45, 7) is 1.86. The zero-order valence-corrected chi connectivity index (χ0v) is 17.6. The fourth-order valence-corrected chi connectivity index (χ4v) is 4.70. The molecule has 2 unspecified atom stereocenters. The average molecular weight is 417 g/mol. The fourth-order valence-electron chi connectivity index (χ4n) is 3.49. The second-order valence-corrected chi connectivity index (χ2v) is 9.40. The first-order chi connectivity index (χ1) is 13.9. The number of nitrogens with one attached hydrogen (secondary N) is 3. The van der Waals surface area contributed by atoms with E-state index in [1.165, 1.54) is 28.9 Å². The number of amides is 1. The Morgan fingerprint density at radius 1 is 1.10 bits per heavy atom. The standard InChI is InChI=1S/C21H28N4O3S/c1-16(26)22-18-10-12-20(13-11-18)29(27,28)25(2)14-6-9-19-15-21(24-23-19)17-7-4-3-5-8-17/h3-5,7-8,10-13,19,21,23-24H,6,9,14-15H2,1-2H3,(H,22,26). The summed E-state index contributed by atoms with van der Waals surface area (Å²) in [5.74, 6) is -0.192. The maximum absolute atomic E-state index is 12.7. The minimum absolute atomic E-state index is 0.192. The first-order valence-corrected chi connectivity index (χ1v) is 11.2. The van der Waals surface area contributed by atoms with Crippen LogP contribution in [0, 0.1) is 0 Å². The summed E-state index contributed by atoms with van der Waals surface area (Å²) in [5, 5.41) is 2.63. The third-order valence-electron chi connectivity index (χ3n) is 5.09. The second kappa shape index (κ2) is 9.49. The van der Waals surface area contributed by atoms with Gasteiger partial charge in [-0.3, -0.25) is 15.6 Å². The van der Waals surface area contributed by atoms with Gasteiger partial charge in [0.05, 0.1) is 4.90 Å². The molecule has 156 valence electrons. The predicted octanol–water partition coefficient (Wildman–Crippen LogP) is 2.65. The quantitative estimate of drug-likeness (QED) is 0.616. The lowest BCUT2D eigenvalue weighted by atomic mass is 10.00. The van der Waals surface area contributed by atoms with E-state index in [1.54, 1.807) is 19.2 Å². The Morgan fingerprint density at radius 3 is 2.45 bits per heavy atom. The van der Waals surface area contributed by atoms with E-state index in [9.17, 15) is 13.2 Å². The van der Waals surface area contributed by atoms with Crippen LogP contribution < -0.4 is 16.2 Å². The summed E-state index contributed by atoms with van der Waals surface area (Å²) in [5.41, 5.74) is 8.47. The molecule has 1 aliphatic heterocycles. The lowest BCUT2D eigenvalue weighted by Gasteiger charge is -2.18. The van der Waals surface area contributed by atoms with Crippen molar-refractivity contribution in [2.45, 2.75) is 43.2 Å². The number of hydrogen-bond donors (Lipinski definition) is 3. The Morgan fingerprint density at radius 2 is 1.79 bits per heavy atom. The lowest BCUT2D eigenvalue weighted by molar-refractivity contribution is -0.114. The average Bonchev–Trinajstić information content (AvgIpc) is 3.17. The van der Waals surface area contributed by atoms with Gasteiger partial charge in [-0.25, -0.2) is 12.7 Å². The molecule has 2 atom stereocenters. The number of nitrogens with zero attached hydrogens (tertiary/aromatic N) is 1. The smallest absolute Gasteiger partial charge is 0.242 e. The van der Waals surface area contributed by atoms with E-state index >= 15 is 0 Å². The van der Waals surface area contributed by atoms with Gasteiger partial charge in [-0.1, -0.05) is 30.3 Å². The second-order valence-electron chi connectivity index (χ2n) is 7.36. The molecule has 1 amide bonds. The topological polar surface area (TPSA) is 90.5 Å². The van der Waals surface area contributed by atoms with Crippen molar-refractivity contribution >= 4 is 21.6 Å². The largest absolute Gasteiger partial charge is 0.326 e. The predicted molar refractivity (Wildman–Crippen MR) is 114 cm³/mol. The summed E-state index contributed by atoms with van der Waals surface area (Å²) in [6, 6.07) is 17.1. The Bertz CT molecular complexity index is 917. The van der Waals surface area contributed by atoms with Gasteiger partial charge >= 0.3 is 0 Å². The Balaban J connectivity index is 1.48. The van der Waals surface area contributed by atoms with Crippen molar-refractivity contribution < 1.29 is 13.2 Å². The molecule has 0 spiro atoms. The molecule has 1 heterocycles. The maximum atomic E-state index is 12.7. The number of rotatable bonds is 8. The molecule has 2 aromatic carbocycles. The molecule has 0 radical (unpaired) electrons. The summed E-state index contributed by atoms with van der Waals surface area (Å²) in [4.78, 5) is 11.3. The summed E-state index contributed by atoms with van der Waals surface area (Å²) in [6.07, 6.45) is 2.63. The van der Waals surface area contributed by atoms with E-state index in [2.05, 4.69) is 28.3 Å². The first-order valence-electron chi connectivity index (χ1n) is 9.76. The van der Waals surface area contributed by atoms with Crippen LogP contribution in [0.2, 0.25) is 0 Å². The summed E-state index contributed by atoms with van der Waals surface area (Å²) < 4.78 is 26.9.